The molecule has 0 bridgehead atoms. The van der Waals surface area contributed by atoms with Gasteiger partial charge >= 0.3 is 0 Å². The van der Waals surface area contributed by atoms with E-state index in [1.807, 2.05) is 18.2 Å². The molecule has 9 heteroatoms. The Morgan fingerprint density at radius 2 is 1.74 bits per heavy atom. The van der Waals surface area contributed by atoms with Crippen LogP contribution in [0.2, 0.25) is 5.02 Å². The molecule has 0 radical (unpaired) electrons. The summed E-state index contributed by atoms with van der Waals surface area (Å²) in [7, 11) is 2.18. The van der Waals surface area contributed by atoms with Gasteiger partial charge in [-0.25, -0.2) is 20.0 Å². The Bertz CT molecular complexity index is 1130. The first-order valence-electron chi connectivity index (χ1n) is 10.7. The molecule has 3 aliphatic rings. The van der Waals surface area contributed by atoms with Crippen LogP contribution >= 0.6 is 11.6 Å². The molecule has 8 nitrogen and oxygen atoms in total. The number of imidazole rings is 1. The molecule has 0 aliphatic carbocycles. The molecule has 1 fully saturated rings. The van der Waals surface area contributed by atoms with Crippen molar-refractivity contribution in [2.75, 3.05) is 51.5 Å². The number of guanidine groups is 1. The summed E-state index contributed by atoms with van der Waals surface area (Å²) in [6.07, 6.45) is -0.0927. The van der Waals surface area contributed by atoms with Crippen LogP contribution in [-0.2, 0) is 0 Å². The van der Waals surface area contributed by atoms with Gasteiger partial charge in [-0.2, -0.15) is 0 Å². The van der Waals surface area contributed by atoms with Gasteiger partial charge in [-0.15, -0.1) is 0 Å². The molecular formula is C22H25ClN8. The number of nitrogens with one attached hydrogen (secondary N) is 1. The molecule has 0 spiro atoms. The van der Waals surface area contributed by atoms with Crippen molar-refractivity contribution in [2.24, 2.45) is 4.99 Å². The lowest BCUT2D eigenvalue weighted by atomic mass is 10.1. The van der Waals surface area contributed by atoms with Crippen LogP contribution in [0.4, 0.5) is 5.95 Å². The van der Waals surface area contributed by atoms with E-state index in [9.17, 15) is 0 Å². The first-order valence-corrected chi connectivity index (χ1v) is 11.0. The summed E-state index contributed by atoms with van der Waals surface area (Å²) in [5.41, 5.74) is 3.20. The zero-order valence-corrected chi connectivity index (χ0v) is 18.2. The molecule has 1 N–H and O–H groups in total. The summed E-state index contributed by atoms with van der Waals surface area (Å²) in [6.45, 7) is 5.56. The Morgan fingerprint density at radius 3 is 2.55 bits per heavy atom. The smallest absolute Gasteiger partial charge is 0.216 e. The fourth-order valence-corrected chi connectivity index (χ4v) is 4.72. The van der Waals surface area contributed by atoms with Gasteiger partial charge in [0.25, 0.3) is 0 Å². The number of likely N-dealkylation sites (N-methyl/N-ethyl adjacent to an activating group) is 1. The number of benzene rings is 2. The number of halogens is 1. The molecule has 0 unspecified atom stereocenters. The van der Waals surface area contributed by atoms with Crippen LogP contribution < -0.4 is 10.2 Å². The Balaban J connectivity index is 1.41. The normalized spacial score (nSPS) is 22.7. The minimum absolute atomic E-state index is 0.0927. The monoisotopic (exact) mass is 436 g/mol. The van der Waals surface area contributed by atoms with E-state index < -0.39 is 0 Å². The summed E-state index contributed by atoms with van der Waals surface area (Å²) in [5.74, 6) is 1.78. The highest BCUT2D eigenvalue weighted by atomic mass is 35.5. The van der Waals surface area contributed by atoms with Crippen LogP contribution in [0.5, 0.6) is 0 Å². The molecule has 0 saturated carbocycles. The van der Waals surface area contributed by atoms with E-state index in [2.05, 4.69) is 67.1 Å². The lowest BCUT2D eigenvalue weighted by Gasteiger charge is -2.46. The van der Waals surface area contributed by atoms with Crippen LogP contribution in [0.3, 0.4) is 0 Å². The maximum Gasteiger partial charge on any atom is 0.216 e. The van der Waals surface area contributed by atoms with Crippen LogP contribution in [0.1, 0.15) is 11.7 Å². The average Bonchev–Trinajstić information content (AvgIpc) is 3.19. The van der Waals surface area contributed by atoms with Crippen LogP contribution in [0.15, 0.2) is 53.5 Å². The first kappa shape index (κ1) is 19.1. The number of aliphatic imine (C=N–C) groups is 1. The van der Waals surface area contributed by atoms with Crippen molar-refractivity contribution in [1.29, 1.82) is 0 Å². The molecule has 2 aromatic carbocycles. The van der Waals surface area contributed by atoms with Crippen molar-refractivity contribution in [3.63, 3.8) is 0 Å². The van der Waals surface area contributed by atoms with Gasteiger partial charge < -0.3 is 10.2 Å². The van der Waals surface area contributed by atoms with E-state index in [0.29, 0.717) is 6.67 Å². The number of fused-ring (bicyclic) bond motifs is 5. The zero-order chi connectivity index (χ0) is 20.9. The summed E-state index contributed by atoms with van der Waals surface area (Å²) in [4.78, 5) is 14.5. The van der Waals surface area contributed by atoms with Gasteiger partial charge in [0.15, 0.2) is 0 Å². The average molecular weight is 437 g/mol. The predicted octanol–water partition coefficient (Wildman–Crippen LogP) is 2.40. The summed E-state index contributed by atoms with van der Waals surface area (Å²) in [5, 5.41) is 9.13. The summed E-state index contributed by atoms with van der Waals surface area (Å²) >= 11 is 6.15. The minimum atomic E-state index is -0.0927. The third kappa shape index (κ3) is 3.27. The summed E-state index contributed by atoms with van der Waals surface area (Å²) < 4.78 is 2.27. The van der Waals surface area contributed by atoms with Crippen molar-refractivity contribution < 1.29 is 0 Å². The van der Waals surface area contributed by atoms with Gasteiger partial charge in [0.1, 0.15) is 12.8 Å². The lowest BCUT2D eigenvalue weighted by molar-refractivity contribution is -0.0528. The fraction of sp³-hybridized carbons (Fsp3) is 0.364. The lowest BCUT2D eigenvalue weighted by Crippen LogP contribution is -2.62. The molecule has 0 amide bonds. The van der Waals surface area contributed by atoms with Crippen molar-refractivity contribution >= 4 is 34.5 Å². The third-order valence-corrected chi connectivity index (χ3v) is 6.60. The molecule has 4 heterocycles. The molecule has 1 aromatic heterocycles. The van der Waals surface area contributed by atoms with E-state index in [1.165, 1.54) is 0 Å². The van der Waals surface area contributed by atoms with Crippen molar-refractivity contribution in [1.82, 2.24) is 29.8 Å². The van der Waals surface area contributed by atoms with E-state index >= 15 is 0 Å². The predicted molar refractivity (Wildman–Crippen MR) is 123 cm³/mol. The Kier molecular flexibility index (Phi) is 4.61. The number of hydrogen-bond donors (Lipinski definition) is 1. The van der Waals surface area contributed by atoms with Crippen molar-refractivity contribution in [3.05, 3.63) is 59.1 Å². The molecule has 1 atom stereocenters. The summed E-state index contributed by atoms with van der Waals surface area (Å²) in [6, 6.07) is 16.3. The zero-order valence-electron chi connectivity index (χ0n) is 17.4. The first-order chi connectivity index (χ1) is 15.2. The second kappa shape index (κ2) is 7.49. The molecule has 31 heavy (non-hydrogen) atoms. The second-order valence-electron chi connectivity index (χ2n) is 8.32. The maximum absolute atomic E-state index is 6.15. The quantitative estimate of drug-likeness (QED) is 0.665. The fourth-order valence-electron chi connectivity index (χ4n) is 4.59. The number of aromatic nitrogens is 2. The number of hydrazine groups is 1. The number of rotatable bonds is 2. The molecule has 3 aliphatic heterocycles. The topological polar surface area (TPSA) is 55.2 Å². The van der Waals surface area contributed by atoms with Crippen LogP contribution in [0, 0.1) is 0 Å². The van der Waals surface area contributed by atoms with Crippen LogP contribution in [0.25, 0.3) is 11.0 Å². The molecule has 1 saturated heterocycles. The van der Waals surface area contributed by atoms with Gasteiger partial charge in [-0.1, -0.05) is 35.9 Å². The number of hydrogen-bond acceptors (Lipinski definition) is 7. The SMILES string of the molecule is CN1CCN(N2CN=C3N[C@H](c4ccc(Cl)cc4)n4c(nc5ccccc54)N3C2)CC1. The number of para-hydroxylation sites is 2. The molecular weight excluding hydrogens is 412 g/mol. The van der Waals surface area contributed by atoms with Gasteiger partial charge in [0.05, 0.1) is 17.7 Å². The minimum Gasteiger partial charge on any atom is -0.331 e. The van der Waals surface area contributed by atoms with E-state index in [4.69, 9.17) is 21.6 Å². The van der Waals surface area contributed by atoms with Gasteiger partial charge in [0, 0.05) is 31.2 Å². The van der Waals surface area contributed by atoms with Gasteiger partial charge in [-0.05, 0) is 36.9 Å². The highest BCUT2D eigenvalue weighted by Gasteiger charge is 2.37. The largest absolute Gasteiger partial charge is 0.331 e. The molecule has 3 aromatic rings. The van der Waals surface area contributed by atoms with E-state index in [0.717, 1.165) is 66.4 Å². The highest BCUT2D eigenvalue weighted by Crippen LogP contribution is 2.34. The third-order valence-electron chi connectivity index (χ3n) is 6.35. The Morgan fingerprint density at radius 1 is 0.968 bits per heavy atom. The van der Waals surface area contributed by atoms with Gasteiger partial charge in [-0.3, -0.25) is 9.47 Å². The van der Waals surface area contributed by atoms with E-state index in [1.54, 1.807) is 0 Å². The molecule has 6 rings (SSSR count). The Hall–Kier alpha value is -2.65. The maximum atomic E-state index is 6.15. The van der Waals surface area contributed by atoms with Crippen LogP contribution in [-0.4, -0.2) is 77.0 Å². The van der Waals surface area contributed by atoms with Gasteiger partial charge in [0.2, 0.25) is 11.9 Å². The van der Waals surface area contributed by atoms with E-state index in [-0.39, 0.29) is 6.17 Å². The standard InChI is InChI=1S/C22H25ClN8/c1-27-10-12-28(13-11-27)29-14-24-21-26-20(16-6-8-17(23)9-7-16)31-19-5-3-2-4-18(19)25-22(31)30(21)15-29/h2-9,20H,10-15H2,1H3,(H,24,26)/t20-/m0/s1. The number of nitrogens with zero attached hydrogens (tertiary/aromatic N) is 7. The Labute approximate surface area is 186 Å². The van der Waals surface area contributed by atoms with Crippen molar-refractivity contribution in [2.45, 2.75) is 6.17 Å². The van der Waals surface area contributed by atoms with Crippen molar-refractivity contribution in [3.8, 4) is 0 Å². The number of anilines is 1. The molecule has 160 valence electrons. The second-order valence-corrected chi connectivity index (χ2v) is 8.76. The highest BCUT2D eigenvalue weighted by molar-refractivity contribution is 6.30. The number of piperazine rings is 1.